The van der Waals surface area contributed by atoms with Gasteiger partial charge in [0.2, 0.25) is 5.91 Å². The normalized spacial score (nSPS) is 19.7. The summed E-state index contributed by atoms with van der Waals surface area (Å²) in [7, 11) is 1.61. The summed E-state index contributed by atoms with van der Waals surface area (Å²) in [5, 5.41) is 12.0. The third kappa shape index (κ3) is 5.59. The maximum absolute atomic E-state index is 12.0. The van der Waals surface area contributed by atoms with E-state index in [0.29, 0.717) is 13.0 Å². The number of carboxylic acids is 1. The summed E-state index contributed by atoms with van der Waals surface area (Å²) in [5.74, 6) is -0.754. The number of carbonyl (C=O) groups is 2. The molecule has 0 aromatic carbocycles. The minimum atomic E-state index is -0.841. The van der Waals surface area contributed by atoms with Crippen LogP contribution in [0.25, 0.3) is 0 Å². The molecule has 0 spiro atoms. The van der Waals surface area contributed by atoms with Crippen LogP contribution in [0.5, 0.6) is 0 Å². The molecule has 1 aliphatic rings. The topological polar surface area (TPSA) is 75.6 Å². The van der Waals surface area contributed by atoms with Crippen molar-refractivity contribution in [2.75, 3.05) is 13.7 Å². The lowest BCUT2D eigenvalue weighted by molar-refractivity contribution is -0.139. The van der Waals surface area contributed by atoms with E-state index in [4.69, 9.17) is 9.84 Å². The summed E-state index contributed by atoms with van der Waals surface area (Å²) in [6, 6.07) is 0. The molecular weight excluding hydrogens is 246 g/mol. The Morgan fingerprint density at radius 3 is 2.47 bits per heavy atom. The Labute approximate surface area is 114 Å². The van der Waals surface area contributed by atoms with E-state index >= 15 is 0 Å². The van der Waals surface area contributed by atoms with Crippen LogP contribution in [0.1, 0.15) is 51.9 Å². The number of methoxy groups -OCH3 is 1. The molecule has 110 valence electrons. The summed E-state index contributed by atoms with van der Waals surface area (Å²) in [6.45, 7) is 2.49. The summed E-state index contributed by atoms with van der Waals surface area (Å²) in [4.78, 5) is 23.0. The summed E-state index contributed by atoms with van der Waals surface area (Å²) < 4.78 is 5.01. The average molecular weight is 271 g/mol. The first-order valence-electron chi connectivity index (χ1n) is 6.99. The predicted molar refractivity (Wildman–Crippen MR) is 71.9 cm³/mol. The van der Waals surface area contributed by atoms with Crippen LogP contribution < -0.4 is 5.32 Å². The van der Waals surface area contributed by atoms with Crippen molar-refractivity contribution in [3.05, 3.63) is 0 Å². The molecule has 1 rings (SSSR count). The fraction of sp³-hybridized carbons (Fsp3) is 0.857. The highest BCUT2D eigenvalue weighted by Crippen LogP contribution is 2.31. The average Bonchev–Trinajstić information content (AvgIpc) is 2.28. The molecule has 1 amide bonds. The fourth-order valence-electron chi connectivity index (χ4n) is 2.87. The third-order valence-corrected chi connectivity index (χ3v) is 3.69. The van der Waals surface area contributed by atoms with Gasteiger partial charge in [-0.05, 0) is 18.8 Å². The zero-order valence-corrected chi connectivity index (χ0v) is 11.9. The van der Waals surface area contributed by atoms with Gasteiger partial charge in [-0.2, -0.15) is 0 Å². The van der Waals surface area contributed by atoms with Crippen molar-refractivity contribution in [2.24, 2.45) is 5.92 Å². The molecule has 2 N–H and O–H groups in total. The molecule has 0 bridgehead atoms. The minimum Gasteiger partial charge on any atom is -0.481 e. The number of amides is 1. The van der Waals surface area contributed by atoms with Gasteiger partial charge in [-0.15, -0.1) is 0 Å². The van der Waals surface area contributed by atoms with E-state index in [1.54, 1.807) is 7.11 Å². The lowest BCUT2D eigenvalue weighted by Crippen LogP contribution is -2.51. The second-order valence-corrected chi connectivity index (χ2v) is 5.72. The molecule has 1 saturated carbocycles. The van der Waals surface area contributed by atoms with Crippen molar-refractivity contribution in [2.45, 2.75) is 57.4 Å². The van der Waals surface area contributed by atoms with Crippen LogP contribution in [0.3, 0.4) is 0 Å². The van der Waals surface area contributed by atoms with Crippen LogP contribution in [0.15, 0.2) is 0 Å². The SMILES string of the molecule is COCC(C)CC(=O)NC1(CC(=O)O)CCCCC1. The van der Waals surface area contributed by atoms with Gasteiger partial charge in [0.1, 0.15) is 0 Å². The number of hydrogen-bond acceptors (Lipinski definition) is 3. The van der Waals surface area contributed by atoms with E-state index < -0.39 is 11.5 Å². The lowest BCUT2D eigenvalue weighted by atomic mass is 9.79. The van der Waals surface area contributed by atoms with Gasteiger partial charge in [-0.25, -0.2) is 0 Å². The quantitative estimate of drug-likeness (QED) is 0.742. The minimum absolute atomic E-state index is 0.0252. The highest BCUT2D eigenvalue weighted by molar-refractivity contribution is 5.78. The van der Waals surface area contributed by atoms with E-state index in [-0.39, 0.29) is 18.2 Å². The van der Waals surface area contributed by atoms with Crippen LogP contribution in [0, 0.1) is 5.92 Å². The molecule has 0 saturated heterocycles. The molecule has 0 aromatic rings. The van der Waals surface area contributed by atoms with Crippen LogP contribution in [0.2, 0.25) is 0 Å². The van der Waals surface area contributed by atoms with Crippen molar-refractivity contribution in [1.82, 2.24) is 5.32 Å². The van der Waals surface area contributed by atoms with E-state index in [1.165, 1.54) is 0 Å². The van der Waals surface area contributed by atoms with Gasteiger partial charge >= 0.3 is 5.97 Å². The largest absolute Gasteiger partial charge is 0.481 e. The van der Waals surface area contributed by atoms with E-state index in [2.05, 4.69) is 5.32 Å². The first kappa shape index (κ1) is 16.0. The van der Waals surface area contributed by atoms with Gasteiger partial charge in [-0.3, -0.25) is 9.59 Å². The third-order valence-electron chi connectivity index (χ3n) is 3.69. The molecule has 0 radical (unpaired) electrons. The Bertz CT molecular complexity index is 311. The van der Waals surface area contributed by atoms with Crippen LogP contribution in [0.4, 0.5) is 0 Å². The Morgan fingerprint density at radius 2 is 1.95 bits per heavy atom. The molecule has 0 aromatic heterocycles. The molecule has 1 atom stereocenters. The Morgan fingerprint density at radius 1 is 1.32 bits per heavy atom. The number of aliphatic carboxylic acids is 1. The van der Waals surface area contributed by atoms with E-state index in [9.17, 15) is 9.59 Å². The van der Waals surface area contributed by atoms with Gasteiger partial charge in [0.05, 0.1) is 12.0 Å². The second kappa shape index (κ2) is 7.48. The molecular formula is C14H25NO4. The lowest BCUT2D eigenvalue weighted by Gasteiger charge is -2.37. The van der Waals surface area contributed by atoms with Crippen LogP contribution in [-0.2, 0) is 14.3 Å². The standard InChI is InChI=1S/C14H25NO4/c1-11(10-19-2)8-12(16)15-14(9-13(17)18)6-4-3-5-7-14/h11H,3-10H2,1-2H3,(H,15,16)(H,17,18). The van der Waals surface area contributed by atoms with Crippen molar-refractivity contribution in [3.8, 4) is 0 Å². The number of carbonyl (C=O) groups excluding carboxylic acids is 1. The summed E-state index contributed by atoms with van der Waals surface area (Å²) >= 11 is 0. The monoisotopic (exact) mass is 271 g/mol. The first-order chi connectivity index (χ1) is 8.97. The molecule has 0 aliphatic heterocycles. The van der Waals surface area contributed by atoms with Crippen molar-refractivity contribution in [1.29, 1.82) is 0 Å². The molecule has 5 heteroatoms. The smallest absolute Gasteiger partial charge is 0.305 e. The zero-order valence-electron chi connectivity index (χ0n) is 11.9. The maximum Gasteiger partial charge on any atom is 0.305 e. The number of hydrogen-bond donors (Lipinski definition) is 2. The fourth-order valence-corrected chi connectivity index (χ4v) is 2.87. The number of carboxylic acid groups (broad SMARTS) is 1. The maximum atomic E-state index is 12.0. The Kier molecular flexibility index (Phi) is 6.28. The van der Waals surface area contributed by atoms with Gasteiger partial charge in [-0.1, -0.05) is 26.2 Å². The summed E-state index contributed by atoms with van der Waals surface area (Å²) in [5.41, 5.74) is -0.534. The number of nitrogens with one attached hydrogen (secondary N) is 1. The van der Waals surface area contributed by atoms with Crippen molar-refractivity contribution < 1.29 is 19.4 Å². The number of ether oxygens (including phenoxy) is 1. The predicted octanol–water partition coefficient (Wildman–Crippen LogP) is 1.95. The summed E-state index contributed by atoms with van der Waals surface area (Å²) in [6.07, 6.45) is 5.04. The molecule has 1 aliphatic carbocycles. The highest BCUT2D eigenvalue weighted by Gasteiger charge is 2.35. The van der Waals surface area contributed by atoms with Crippen LogP contribution >= 0.6 is 0 Å². The van der Waals surface area contributed by atoms with E-state index in [1.807, 2.05) is 6.92 Å². The van der Waals surface area contributed by atoms with Crippen molar-refractivity contribution >= 4 is 11.9 Å². The first-order valence-corrected chi connectivity index (χ1v) is 6.99. The van der Waals surface area contributed by atoms with E-state index in [0.717, 1.165) is 32.1 Å². The van der Waals surface area contributed by atoms with Gasteiger partial charge in [0, 0.05) is 20.1 Å². The highest BCUT2D eigenvalue weighted by atomic mass is 16.5. The number of rotatable bonds is 7. The van der Waals surface area contributed by atoms with Gasteiger partial charge in [0.25, 0.3) is 0 Å². The second-order valence-electron chi connectivity index (χ2n) is 5.72. The molecule has 5 nitrogen and oxygen atoms in total. The van der Waals surface area contributed by atoms with Gasteiger partial charge < -0.3 is 15.2 Å². The zero-order chi connectivity index (χ0) is 14.3. The Hall–Kier alpha value is -1.10. The Balaban J connectivity index is 2.56. The molecule has 0 heterocycles. The van der Waals surface area contributed by atoms with Crippen LogP contribution in [-0.4, -0.2) is 36.2 Å². The molecule has 1 fully saturated rings. The molecule has 1 unspecified atom stereocenters. The van der Waals surface area contributed by atoms with Gasteiger partial charge in [0.15, 0.2) is 0 Å². The molecule has 19 heavy (non-hydrogen) atoms. The van der Waals surface area contributed by atoms with Crippen molar-refractivity contribution in [3.63, 3.8) is 0 Å².